The summed E-state index contributed by atoms with van der Waals surface area (Å²) in [6.07, 6.45) is -2.08. The minimum atomic E-state index is -4.20. The molecule has 2 aromatic rings. The summed E-state index contributed by atoms with van der Waals surface area (Å²) < 4.78 is 47.6. The van der Waals surface area contributed by atoms with Crippen LogP contribution in [-0.2, 0) is 11.2 Å². The first-order chi connectivity index (χ1) is 10.3. The lowest BCUT2D eigenvalue weighted by molar-refractivity contribution is -0.129. The summed E-state index contributed by atoms with van der Waals surface area (Å²) in [5, 5.41) is 3.23. The zero-order valence-electron chi connectivity index (χ0n) is 11.6. The van der Waals surface area contributed by atoms with E-state index in [2.05, 4.69) is 25.3 Å². The molecule has 2 rings (SSSR count). The van der Waals surface area contributed by atoms with Crippen LogP contribution in [0, 0.1) is 0 Å². The molecule has 1 unspecified atom stereocenters. The lowest BCUT2D eigenvalue weighted by atomic mass is 10.5. The number of nitrogens with zero attached hydrogens (tertiary/aromatic N) is 3. The average Bonchev–Trinajstić information content (AvgIpc) is 2.85. The van der Waals surface area contributed by atoms with Gasteiger partial charge in [0.2, 0.25) is 0 Å². The Kier molecular flexibility index (Phi) is 5.75. The molecule has 0 saturated heterocycles. The maximum absolute atomic E-state index is 12.2. The van der Waals surface area contributed by atoms with Crippen molar-refractivity contribution in [3.05, 3.63) is 6.33 Å². The van der Waals surface area contributed by atoms with Gasteiger partial charge in [-0.3, -0.25) is 0 Å². The number of fused-ring (bicyclic) bond motifs is 1. The van der Waals surface area contributed by atoms with Gasteiger partial charge in [0, 0.05) is 5.75 Å². The maximum Gasteiger partial charge on any atom is 0.389 e. The van der Waals surface area contributed by atoms with Crippen LogP contribution in [0.1, 0.15) is 6.42 Å². The van der Waals surface area contributed by atoms with Crippen LogP contribution < -0.4 is 5.32 Å². The summed E-state index contributed by atoms with van der Waals surface area (Å²) in [5.41, 5.74) is 0.951. The third kappa shape index (κ3) is 5.21. The third-order valence-electron chi connectivity index (χ3n) is 2.56. The molecule has 122 valence electrons. The molecule has 0 aliphatic rings. The summed E-state index contributed by atoms with van der Waals surface area (Å²) in [7, 11) is 0. The first-order valence-electron chi connectivity index (χ1n) is 6.30. The number of rotatable bonds is 7. The topological polar surface area (TPSA) is 89.5 Å². The summed E-state index contributed by atoms with van der Waals surface area (Å²) in [4.78, 5) is 15.2. The van der Waals surface area contributed by atoms with E-state index in [1.807, 2.05) is 0 Å². The highest BCUT2D eigenvalue weighted by Crippen LogP contribution is 2.26. The molecule has 0 aromatic carbocycles. The summed E-state index contributed by atoms with van der Waals surface area (Å²) in [6, 6.07) is 0. The van der Waals surface area contributed by atoms with E-state index in [0.29, 0.717) is 29.3 Å². The molecule has 0 radical (unpaired) electrons. The van der Waals surface area contributed by atoms with Gasteiger partial charge in [0.05, 0.1) is 25.5 Å². The number of imidazole rings is 1. The van der Waals surface area contributed by atoms with Gasteiger partial charge in [-0.25, -0.2) is 15.0 Å². The first kappa shape index (κ1) is 17.2. The Labute approximate surface area is 131 Å². The van der Waals surface area contributed by atoms with E-state index in [4.69, 9.17) is 0 Å². The smallest absolute Gasteiger partial charge is 0.389 e. The van der Waals surface area contributed by atoms with Gasteiger partial charge in [-0.1, -0.05) is 22.9 Å². The highest BCUT2D eigenvalue weighted by atomic mass is 32.2. The lowest BCUT2D eigenvalue weighted by Gasteiger charge is -2.09. The molecule has 2 aromatic heterocycles. The van der Waals surface area contributed by atoms with Crippen LogP contribution in [0.5, 0.6) is 0 Å². The van der Waals surface area contributed by atoms with Crippen LogP contribution in [0.3, 0.4) is 0 Å². The van der Waals surface area contributed by atoms with Gasteiger partial charge in [-0.15, -0.1) is 0 Å². The van der Waals surface area contributed by atoms with Crippen LogP contribution >= 0.6 is 11.8 Å². The van der Waals surface area contributed by atoms with Crippen molar-refractivity contribution in [1.82, 2.24) is 19.9 Å². The molecule has 0 fully saturated rings. The Hall–Kier alpha value is -1.20. The SMILES string of the molecule is C[S+]([O-])CCNc1nc(SCCC(F)(F)F)nc2[nH]cnc12. The van der Waals surface area contributed by atoms with Crippen LogP contribution in [0.15, 0.2) is 11.5 Å². The van der Waals surface area contributed by atoms with E-state index in [1.54, 1.807) is 6.26 Å². The van der Waals surface area contributed by atoms with Gasteiger partial charge >= 0.3 is 6.18 Å². The Morgan fingerprint density at radius 2 is 2.18 bits per heavy atom. The number of aromatic amines is 1. The van der Waals surface area contributed by atoms with Crippen molar-refractivity contribution in [3.63, 3.8) is 0 Å². The molecule has 2 heterocycles. The van der Waals surface area contributed by atoms with Crippen LogP contribution in [0.2, 0.25) is 0 Å². The quantitative estimate of drug-likeness (QED) is 0.451. The molecule has 0 aliphatic heterocycles. The van der Waals surface area contributed by atoms with Gasteiger partial charge in [0.25, 0.3) is 0 Å². The molecule has 0 spiro atoms. The number of alkyl halides is 3. The molecule has 0 bridgehead atoms. The van der Waals surface area contributed by atoms with E-state index in [1.165, 1.54) is 6.33 Å². The number of nitrogens with one attached hydrogen (secondary N) is 2. The first-order valence-corrected chi connectivity index (χ1v) is 9.01. The van der Waals surface area contributed by atoms with E-state index in [0.717, 1.165) is 11.8 Å². The van der Waals surface area contributed by atoms with Crippen LogP contribution in [0.4, 0.5) is 19.0 Å². The maximum atomic E-state index is 12.2. The normalized spacial score (nSPS) is 13.5. The van der Waals surface area contributed by atoms with Crippen molar-refractivity contribution >= 4 is 39.9 Å². The molecule has 6 nitrogen and oxygen atoms in total. The second-order valence-corrected chi connectivity index (χ2v) is 6.99. The second-order valence-electron chi connectivity index (χ2n) is 4.37. The fourth-order valence-corrected chi connectivity index (χ4v) is 2.79. The summed E-state index contributed by atoms with van der Waals surface area (Å²) >= 11 is -0.0184. The highest BCUT2D eigenvalue weighted by Gasteiger charge is 2.26. The molecular weight excluding hydrogens is 339 g/mol. The molecule has 0 amide bonds. The second kappa shape index (κ2) is 7.38. The Balaban J connectivity index is 2.07. The van der Waals surface area contributed by atoms with Gasteiger partial charge in [-0.05, 0) is 0 Å². The zero-order chi connectivity index (χ0) is 16.2. The van der Waals surface area contributed by atoms with Gasteiger partial charge < -0.3 is 14.9 Å². The third-order valence-corrected chi connectivity index (χ3v) is 4.19. The standard InChI is InChI=1S/C11H14F3N5OS2/c1-22(20)5-3-15-8-7-9(17-6-16-7)19-10(18-8)21-4-2-11(12,13)14/h6H,2-5H2,1H3,(H2,15,16,17,18,19). The number of halogens is 3. The lowest BCUT2D eigenvalue weighted by Crippen LogP contribution is -2.15. The molecule has 0 aliphatic carbocycles. The number of anilines is 1. The fraction of sp³-hybridized carbons (Fsp3) is 0.545. The van der Waals surface area contributed by atoms with Crippen molar-refractivity contribution in [2.75, 3.05) is 29.6 Å². The predicted molar refractivity (Wildman–Crippen MR) is 80.5 cm³/mol. The van der Waals surface area contributed by atoms with Gasteiger partial charge in [0.15, 0.2) is 16.6 Å². The van der Waals surface area contributed by atoms with Crippen LogP contribution in [0.25, 0.3) is 11.2 Å². The van der Waals surface area contributed by atoms with Crippen molar-refractivity contribution < 1.29 is 17.7 Å². The molecule has 2 N–H and O–H groups in total. The minimum absolute atomic E-state index is 0.151. The zero-order valence-corrected chi connectivity index (χ0v) is 13.2. The molecule has 0 saturated carbocycles. The van der Waals surface area contributed by atoms with Gasteiger partial charge in [-0.2, -0.15) is 13.2 Å². The molecule has 1 atom stereocenters. The number of aromatic nitrogens is 4. The Bertz CT molecular complexity index is 619. The van der Waals surface area contributed by atoms with E-state index < -0.39 is 23.8 Å². The largest absolute Gasteiger partial charge is 0.617 e. The van der Waals surface area contributed by atoms with Crippen molar-refractivity contribution in [2.24, 2.45) is 0 Å². The number of hydrogen-bond donors (Lipinski definition) is 2. The molecule has 11 heteroatoms. The van der Waals surface area contributed by atoms with E-state index in [-0.39, 0.29) is 10.9 Å². The minimum Gasteiger partial charge on any atom is -0.617 e. The Morgan fingerprint density at radius 1 is 1.41 bits per heavy atom. The number of hydrogen-bond acceptors (Lipinski definition) is 6. The van der Waals surface area contributed by atoms with E-state index in [9.17, 15) is 17.7 Å². The average molecular weight is 353 g/mol. The Morgan fingerprint density at radius 3 is 2.86 bits per heavy atom. The van der Waals surface area contributed by atoms with E-state index >= 15 is 0 Å². The predicted octanol–water partition coefficient (Wildman–Crippen LogP) is 2.19. The number of H-pyrrole nitrogens is 1. The highest BCUT2D eigenvalue weighted by molar-refractivity contribution is 7.99. The van der Waals surface area contributed by atoms with Crippen molar-refractivity contribution in [1.29, 1.82) is 0 Å². The molecular formula is C11H14F3N5OS2. The summed E-state index contributed by atoms with van der Waals surface area (Å²) in [6.45, 7) is 0.425. The summed E-state index contributed by atoms with van der Waals surface area (Å²) in [5.74, 6) is 0.708. The monoisotopic (exact) mass is 353 g/mol. The fourth-order valence-electron chi connectivity index (χ4n) is 1.57. The van der Waals surface area contributed by atoms with Crippen molar-refractivity contribution in [2.45, 2.75) is 17.8 Å². The number of thioether (sulfide) groups is 1. The van der Waals surface area contributed by atoms with Crippen molar-refractivity contribution in [3.8, 4) is 0 Å². The van der Waals surface area contributed by atoms with Gasteiger partial charge in [0.1, 0.15) is 11.3 Å². The van der Waals surface area contributed by atoms with Crippen LogP contribution in [-0.4, -0.2) is 55.0 Å². The molecule has 22 heavy (non-hydrogen) atoms.